The molecule has 7 heteroatoms. The second kappa shape index (κ2) is 8.58. The molecule has 1 saturated carbocycles. The van der Waals surface area contributed by atoms with Gasteiger partial charge in [-0.15, -0.1) is 0 Å². The van der Waals surface area contributed by atoms with Gasteiger partial charge in [-0.05, 0) is 37.7 Å². The topological polar surface area (TPSA) is 60.8 Å². The number of hydroxylamine groups is 2. The highest BCUT2D eigenvalue weighted by molar-refractivity contribution is 5.79. The van der Waals surface area contributed by atoms with E-state index in [9.17, 15) is 14.0 Å². The quantitative estimate of drug-likeness (QED) is 0.506. The van der Waals surface area contributed by atoms with Crippen LogP contribution in [-0.4, -0.2) is 40.9 Å². The zero-order valence-corrected chi connectivity index (χ0v) is 14.3. The molecule has 138 valence electrons. The Morgan fingerprint density at radius 3 is 2.88 bits per heavy atom. The van der Waals surface area contributed by atoms with E-state index in [1.165, 1.54) is 34.7 Å². The molecule has 2 fully saturated rings. The van der Waals surface area contributed by atoms with Gasteiger partial charge in [-0.25, -0.2) is 14.3 Å². The summed E-state index contributed by atoms with van der Waals surface area (Å²) in [6.07, 6.45) is 9.58. The lowest BCUT2D eigenvalue weighted by molar-refractivity contribution is -0.285. The van der Waals surface area contributed by atoms with Crippen LogP contribution < -0.4 is 0 Å². The van der Waals surface area contributed by atoms with Crippen molar-refractivity contribution in [3.05, 3.63) is 24.3 Å². The van der Waals surface area contributed by atoms with Gasteiger partial charge in [0.15, 0.2) is 6.29 Å². The summed E-state index contributed by atoms with van der Waals surface area (Å²) < 4.78 is 19.9. The van der Waals surface area contributed by atoms with Crippen LogP contribution in [0.1, 0.15) is 56.2 Å². The van der Waals surface area contributed by atoms with Gasteiger partial charge in [-0.1, -0.05) is 12.8 Å². The summed E-state index contributed by atoms with van der Waals surface area (Å²) in [7, 11) is 0. The Morgan fingerprint density at radius 2 is 2.28 bits per heavy atom. The number of hydrogen-bond acceptors (Lipinski definition) is 4. The van der Waals surface area contributed by atoms with Gasteiger partial charge in [0.25, 0.3) is 0 Å². The molecule has 2 aliphatic rings. The van der Waals surface area contributed by atoms with Crippen molar-refractivity contribution in [3.8, 4) is 0 Å². The highest BCUT2D eigenvalue weighted by atomic mass is 19.1. The SMILES string of the molecule is O=CN(OC1CCCCO1)C(CCC1CC1)CC(=O)n1ccc(F)c1. The van der Waals surface area contributed by atoms with Crippen LogP contribution in [0.4, 0.5) is 4.39 Å². The molecule has 0 radical (unpaired) electrons. The smallest absolute Gasteiger partial charge is 0.233 e. The van der Waals surface area contributed by atoms with Crippen LogP contribution in [0.25, 0.3) is 0 Å². The molecular weight excluding hydrogens is 327 g/mol. The Balaban J connectivity index is 1.62. The van der Waals surface area contributed by atoms with Crippen LogP contribution >= 0.6 is 0 Å². The maximum absolute atomic E-state index is 13.1. The first-order chi connectivity index (χ1) is 12.2. The Kier molecular flexibility index (Phi) is 6.20. The number of ether oxygens (including phenoxy) is 1. The van der Waals surface area contributed by atoms with Gasteiger partial charge in [0.05, 0.1) is 12.5 Å². The fourth-order valence-corrected chi connectivity index (χ4v) is 3.11. The normalized spacial score (nSPS) is 21.7. The summed E-state index contributed by atoms with van der Waals surface area (Å²) in [6, 6.07) is 0.864. The van der Waals surface area contributed by atoms with Crippen LogP contribution in [0.3, 0.4) is 0 Å². The molecule has 0 aromatic carbocycles. The van der Waals surface area contributed by atoms with Crippen molar-refractivity contribution < 1.29 is 23.6 Å². The van der Waals surface area contributed by atoms with Crippen molar-refractivity contribution in [2.24, 2.45) is 5.92 Å². The molecule has 1 aliphatic carbocycles. The van der Waals surface area contributed by atoms with E-state index >= 15 is 0 Å². The number of carbonyl (C=O) groups excluding carboxylic acids is 2. The first-order valence-electron chi connectivity index (χ1n) is 9.04. The van der Waals surface area contributed by atoms with Gasteiger partial charge in [0, 0.05) is 25.4 Å². The van der Waals surface area contributed by atoms with Gasteiger partial charge in [-0.2, -0.15) is 0 Å². The molecule has 2 unspecified atom stereocenters. The minimum atomic E-state index is -0.457. The number of hydrogen-bond donors (Lipinski definition) is 0. The Bertz CT molecular complexity index is 581. The van der Waals surface area contributed by atoms with Crippen molar-refractivity contribution in [1.82, 2.24) is 9.63 Å². The standard InChI is InChI=1S/C18H25FN2O4/c19-15-8-9-20(12-15)17(23)11-16(7-6-14-4-5-14)21(13-22)25-18-3-1-2-10-24-18/h8-9,12-14,16,18H,1-7,10-11H2. The fraction of sp³-hybridized carbons (Fsp3) is 0.667. The number of halogens is 1. The molecule has 2 heterocycles. The summed E-state index contributed by atoms with van der Waals surface area (Å²) in [5, 5.41) is 1.23. The van der Waals surface area contributed by atoms with Crippen LogP contribution in [0.2, 0.25) is 0 Å². The molecule has 0 N–H and O–H groups in total. The van der Waals surface area contributed by atoms with E-state index in [0.29, 0.717) is 25.4 Å². The molecule has 25 heavy (non-hydrogen) atoms. The number of rotatable bonds is 9. The number of carbonyl (C=O) groups is 2. The van der Waals surface area contributed by atoms with Crippen LogP contribution in [-0.2, 0) is 14.4 Å². The van der Waals surface area contributed by atoms with Crippen molar-refractivity contribution >= 4 is 12.3 Å². The largest absolute Gasteiger partial charge is 0.350 e. The van der Waals surface area contributed by atoms with E-state index in [-0.39, 0.29) is 18.4 Å². The van der Waals surface area contributed by atoms with Gasteiger partial charge in [0.1, 0.15) is 5.82 Å². The zero-order valence-electron chi connectivity index (χ0n) is 14.3. The van der Waals surface area contributed by atoms with E-state index in [4.69, 9.17) is 9.57 Å². The van der Waals surface area contributed by atoms with Crippen LogP contribution in [0, 0.1) is 11.7 Å². The Hall–Kier alpha value is -1.73. The molecule has 1 saturated heterocycles. The van der Waals surface area contributed by atoms with E-state index in [2.05, 4.69) is 0 Å². The van der Waals surface area contributed by atoms with Gasteiger partial charge in [-0.3, -0.25) is 14.2 Å². The summed E-state index contributed by atoms with van der Waals surface area (Å²) in [6.45, 7) is 0.617. The Morgan fingerprint density at radius 1 is 1.44 bits per heavy atom. The second-order valence-corrected chi connectivity index (χ2v) is 6.88. The van der Waals surface area contributed by atoms with Gasteiger partial charge >= 0.3 is 0 Å². The predicted octanol–water partition coefficient (Wildman–Crippen LogP) is 3.13. The number of nitrogens with zero attached hydrogens (tertiary/aromatic N) is 2. The molecule has 6 nitrogen and oxygen atoms in total. The highest BCUT2D eigenvalue weighted by Crippen LogP contribution is 2.35. The van der Waals surface area contributed by atoms with Gasteiger partial charge in [0.2, 0.25) is 12.3 Å². The Labute approximate surface area is 146 Å². The minimum absolute atomic E-state index is 0.0896. The predicted molar refractivity (Wildman–Crippen MR) is 88.0 cm³/mol. The van der Waals surface area contributed by atoms with Crippen molar-refractivity contribution in [2.75, 3.05) is 6.61 Å². The van der Waals surface area contributed by atoms with Crippen LogP contribution in [0.5, 0.6) is 0 Å². The summed E-state index contributed by atoms with van der Waals surface area (Å²) >= 11 is 0. The summed E-state index contributed by atoms with van der Waals surface area (Å²) in [4.78, 5) is 29.7. The van der Waals surface area contributed by atoms with E-state index in [0.717, 1.165) is 31.9 Å². The van der Waals surface area contributed by atoms with E-state index < -0.39 is 12.1 Å². The zero-order chi connectivity index (χ0) is 17.6. The molecule has 1 aliphatic heterocycles. The van der Waals surface area contributed by atoms with E-state index in [1.807, 2.05) is 0 Å². The molecule has 0 spiro atoms. The third-order valence-corrected chi connectivity index (χ3v) is 4.80. The van der Waals surface area contributed by atoms with Crippen molar-refractivity contribution in [1.29, 1.82) is 0 Å². The molecule has 1 amide bonds. The summed E-state index contributed by atoms with van der Waals surface area (Å²) in [5.74, 6) is -0.0345. The number of aromatic nitrogens is 1. The average Bonchev–Trinajstić information content (AvgIpc) is 3.36. The van der Waals surface area contributed by atoms with Gasteiger partial charge < -0.3 is 4.74 Å². The third kappa shape index (κ3) is 5.37. The molecule has 1 aromatic heterocycles. The average molecular weight is 352 g/mol. The fourth-order valence-electron chi connectivity index (χ4n) is 3.11. The molecule has 1 aromatic rings. The van der Waals surface area contributed by atoms with Crippen molar-refractivity contribution in [2.45, 2.75) is 63.7 Å². The maximum atomic E-state index is 13.1. The minimum Gasteiger partial charge on any atom is -0.350 e. The molecule has 0 bridgehead atoms. The highest BCUT2D eigenvalue weighted by Gasteiger charge is 2.29. The monoisotopic (exact) mass is 352 g/mol. The lowest BCUT2D eigenvalue weighted by Crippen LogP contribution is -2.41. The third-order valence-electron chi connectivity index (χ3n) is 4.80. The lowest BCUT2D eigenvalue weighted by atomic mass is 10.1. The lowest BCUT2D eigenvalue weighted by Gasteiger charge is -2.32. The molecule has 2 atom stereocenters. The molecule has 3 rings (SSSR count). The van der Waals surface area contributed by atoms with Crippen LogP contribution in [0.15, 0.2) is 18.5 Å². The maximum Gasteiger partial charge on any atom is 0.233 e. The second-order valence-electron chi connectivity index (χ2n) is 6.88. The first kappa shape index (κ1) is 18.1. The van der Waals surface area contributed by atoms with E-state index in [1.54, 1.807) is 0 Å². The van der Waals surface area contributed by atoms with Crippen molar-refractivity contribution in [3.63, 3.8) is 0 Å². The summed E-state index contributed by atoms with van der Waals surface area (Å²) in [5.41, 5.74) is 0. The first-order valence-corrected chi connectivity index (χ1v) is 9.04. The molecular formula is C18H25FN2O4. The number of amides is 1.